The molecule has 2 heterocycles. The number of piperidine rings is 2. The van der Waals surface area contributed by atoms with Crippen molar-refractivity contribution in [3.8, 4) is 0 Å². The van der Waals surface area contributed by atoms with Gasteiger partial charge in [0, 0.05) is 26.2 Å². The second kappa shape index (κ2) is 8.05. The molecule has 0 bridgehead atoms. The standard InChI is InChI=1S/C20H36N2O4/c1-19(2,3)25-17(23)21-11-7-15(8-12-21)16-9-13-22(14-10-16)18(24)26-20(4,5)6/h15-16H,7-14H2,1-6H3. The molecule has 0 aromatic rings. The highest BCUT2D eigenvalue weighted by Gasteiger charge is 2.34. The summed E-state index contributed by atoms with van der Waals surface area (Å²) in [5, 5.41) is 0. The molecule has 0 spiro atoms. The minimum atomic E-state index is -0.442. The molecular weight excluding hydrogens is 332 g/mol. The van der Waals surface area contributed by atoms with Crippen molar-refractivity contribution in [1.29, 1.82) is 0 Å². The third-order valence-electron chi connectivity index (χ3n) is 5.05. The summed E-state index contributed by atoms with van der Waals surface area (Å²) in [6.07, 6.45) is 3.70. The number of rotatable bonds is 1. The van der Waals surface area contributed by atoms with Gasteiger partial charge in [0.05, 0.1) is 0 Å². The summed E-state index contributed by atoms with van der Waals surface area (Å²) in [6.45, 7) is 14.5. The topological polar surface area (TPSA) is 59.1 Å². The molecule has 0 unspecified atom stereocenters. The molecule has 2 fully saturated rings. The van der Waals surface area contributed by atoms with Crippen LogP contribution in [0.2, 0.25) is 0 Å². The van der Waals surface area contributed by atoms with E-state index in [1.807, 2.05) is 51.3 Å². The van der Waals surface area contributed by atoms with Gasteiger partial charge in [-0.15, -0.1) is 0 Å². The fourth-order valence-electron chi connectivity index (χ4n) is 3.76. The molecule has 26 heavy (non-hydrogen) atoms. The largest absolute Gasteiger partial charge is 0.444 e. The average molecular weight is 369 g/mol. The van der Waals surface area contributed by atoms with Crippen molar-refractivity contribution in [3.63, 3.8) is 0 Å². The monoisotopic (exact) mass is 368 g/mol. The highest BCUT2D eigenvalue weighted by molar-refractivity contribution is 5.68. The van der Waals surface area contributed by atoms with E-state index in [1.165, 1.54) is 0 Å². The van der Waals surface area contributed by atoms with Gasteiger partial charge in [0.1, 0.15) is 11.2 Å². The van der Waals surface area contributed by atoms with Crippen molar-refractivity contribution in [3.05, 3.63) is 0 Å². The zero-order valence-electron chi connectivity index (χ0n) is 17.3. The summed E-state index contributed by atoms with van der Waals surface area (Å²) in [5.74, 6) is 1.27. The normalized spacial score (nSPS) is 20.8. The first-order valence-electron chi connectivity index (χ1n) is 9.90. The van der Waals surface area contributed by atoms with E-state index in [0.29, 0.717) is 11.8 Å². The van der Waals surface area contributed by atoms with Gasteiger partial charge in [-0.25, -0.2) is 9.59 Å². The summed E-state index contributed by atoms with van der Waals surface area (Å²) >= 11 is 0. The summed E-state index contributed by atoms with van der Waals surface area (Å²) < 4.78 is 10.9. The lowest BCUT2D eigenvalue weighted by atomic mass is 9.79. The van der Waals surface area contributed by atoms with E-state index in [-0.39, 0.29) is 12.2 Å². The fraction of sp³-hybridized carbons (Fsp3) is 0.900. The van der Waals surface area contributed by atoms with Crippen LogP contribution in [0.25, 0.3) is 0 Å². The molecule has 6 heteroatoms. The minimum Gasteiger partial charge on any atom is -0.444 e. The van der Waals surface area contributed by atoms with Gasteiger partial charge < -0.3 is 19.3 Å². The second-order valence-corrected chi connectivity index (χ2v) is 9.61. The summed E-state index contributed by atoms with van der Waals surface area (Å²) in [6, 6.07) is 0. The maximum Gasteiger partial charge on any atom is 0.410 e. The number of nitrogens with zero attached hydrogens (tertiary/aromatic N) is 2. The van der Waals surface area contributed by atoms with Crippen LogP contribution in [-0.4, -0.2) is 59.4 Å². The lowest BCUT2D eigenvalue weighted by Gasteiger charge is -2.40. The Bertz CT molecular complexity index is 445. The van der Waals surface area contributed by atoms with Crippen LogP contribution in [0.3, 0.4) is 0 Å². The van der Waals surface area contributed by atoms with Crippen molar-refractivity contribution >= 4 is 12.2 Å². The molecular formula is C20H36N2O4. The number of likely N-dealkylation sites (tertiary alicyclic amines) is 2. The Hall–Kier alpha value is -1.46. The van der Waals surface area contributed by atoms with Gasteiger partial charge in [-0.1, -0.05) is 0 Å². The molecule has 0 atom stereocenters. The molecule has 6 nitrogen and oxygen atoms in total. The number of carbonyl (C=O) groups is 2. The van der Waals surface area contributed by atoms with Crippen LogP contribution in [0.4, 0.5) is 9.59 Å². The molecule has 0 aliphatic carbocycles. The fourth-order valence-corrected chi connectivity index (χ4v) is 3.76. The Morgan fingerprint density at radius 1 is 0.654 bits per heavy atom. The molecule has 2 saturated heterocycles. The molecule has 0 aromatic carbocycles. The first-order valence-corrected chi connectivity index (χ1v) is 9.90. The molecule has 0 N–H and O–H groups in total. The van der Waals surface area contributed by atoms with Crippen LogP contribution < -0.4 is 0 Å². The number of amides is 2. The third-order valence-corrected chi connectivity index (χ3v) is 5.05. The SMILES string of the molecule is CC(C)(C)OC(=O)N1CCC(C2CCN(C(=O)OC(C)(C)C)CC2)CC1. The van der Waals surface area contributed by atoms with Crippen molar-refractivity contribution in [1.82, 2.24) is 9.80 Å². The van der Waals surface area contributed by atoms with Gasteiger partial charge in [-0.2, -0.15) is 0 Å². The van der Waals surface area contributed by atoms with E-state index in [9.17, 15) is 9.59 Å². The maximum atomic E-state index is 12.2. The summed E-state index contributed by atoms with van der Waals surface area (Å²) in [4.78, 5) is 28.0. The number of ether oxygens (including phenoxy) is 2. The van der Waals surface area contributed by atoms with Gasteiger partial charge in [0.2, 0.25) is 0 Å². The van der Waals surface area contributed by atoms with E-state index in [1.54, 1.807) is 0 Å². The minimum absolute atomic E-state index is 0.198. The third kappa shape index (κ3) is 6.36. The van der Waals surface area contributed by atoms with Gasteiger partial charge >= 0.3 is 12.2 Å². The number of hydrogen-bond donors (Lipinski definition) is 0. The van der Waals surface area contributed by atoms with Crippen LogP contribution in [0, 0.1) is 11.8 Å². The van der Waals surface area contributed by atoms with Crippen LogP contribution in [-0.2, 0) is 9.47 Å². The highest BCUT2D eigenvalue weighted by atomic mass is 16.6. The van der Waals surface area contributed by atoms with Gasteiger partial charge in [0.15, 0.2) is 0 Å². The van der Waals surface area contributed by atoms with Crippen LogP contribution in [0.1, 0.15) is 67.2 Å². The number of hydrogen-bond acceptors (Lipinski definition) is 4. The van der Waals surface area contributed by atoms with Crippen LogP contribution >= 0.6 is 0 Å². The van der Waals surface area contributed by atoms with Gasteiger partial charge in [-0.3, -0.25) is 0 Å². The van der Waals surface area contributed by atoms with E-state index >= 15 is 0 Å². The van der Waals surface area contributed by atoms with Crippen molar-refractivity contribution in [2.75, 3.05) is 26.2 Å². The first kappa shape index (κ1) is 20.8. The zero-order valence-corrected chi connectivity index (χ0v) is 17.3. The Labute approximate surface area is 158 Å². The Morgan fingerprint density at radius 2 is 0.923 bits per heavy atom. The van der Waals surface area contributed by atoms with E-state index in [0.717, 1.165) is 51.9 Å². The molecule has 0 aromatic heterocycles. The molecule has 2 aliphatic heterocycles. The molecule has 2 rings (SSSR count). The van der Waals surface area contributed by atoms with Crippen molar-refractivity contribution < 1.29 is 19.1 Å². The molecule has 0 saturated carbocycles. The van der Waals surface area contributed by atoms with E-state index in [2.05, 4.69) is 0 Å². The second-order valence-electron chi connectivity index (χ2n) is 9.61. The zero-order chi connectivity index (χ0) is 19.5. The summed E-state index contributed by atoms with van der Waals surface area (Å²) in [5.41, 5.74) is -0.884. The highest BCUT2D eigenvalue weighted by Crippen LogP contribution is 2.33. The molecule has 150 valence electrons. The molecule has 2 aliphatic rings. The predicted molar refractivity (Wildman–Crippen MR) is 101 cm³/mol. The van der Waals surface area contributed by atoms with Gasteiger partial charge in [-0.05, 0) is 79.1 Å². The van der Waals surface area contributed by atoms with E-state index in [4.69, 9.17) is 9.47 Å². The lowest BCUT2D eigenvalue weighted by molar-refractivity contribution is 0.00589. The Kier molecular flexibility index (Phi) is 6.46. The van der Waals surface area contributed by atoms with Crippen LogP contribution in [0.5, 0.6) is 0 Å². The average Bonchev–Trinajstić information content (AvgIpc) is 2.52. The smallest absolute Gasteiger partial charge is 0.410 e. The van der Waals surface area contributed by atoms with Gasteiger partial charge in [0.25, 0.3) is 0 Å². The van der Waals surface area contributed by atoms with Crippen molar-refractivity contribution in [2.45, 2.75) is 78.4 Å². The summed E-state index contributed by atoms with van der Waals surface area (Å²) in [7, 11) is 0. The predicted octanol–water partition coefficient (Wildman–Crippen LogP) is 4.28. The molecule has 2 amide bonds. The van der Waals surface area contributed by atoms with Crippen molar-refractivity contribution in [2.24, 2.45) is 11.8 Å². The Morgan fingerprint density at radius 3 is 1.15 bits per heavy atom. The molecule has 0 radical (unpaired) electrons. The Balaban J connectivity index is 1.74. The van der Waals surface area contributed by atoms with Crippen LogP contribution in [0.15, 0.2) is 0 Å². The maximum absolute atomic E-state index is 12.2. The number of carbonyl (C=O) groups excluding carboxylic acids is 2. The van der Waals surface area contributed by atoms with E-state index < -0.39 is 11.2 Å². The lowest BCUT2D eigenvalue weighted by Crippen LogP contribution is -2.46. The first-order chi connectivity index (χ1) is 11.9. The quantitative estimate of drug-likeness (QED) is 0.693.